The predicted octanol–water partition coefficient (Wildman–Crippen LogP) is 4.91. The third kappa shape index (κ3) is 2.54. The van der Waals surface area contributed by atoms with Crippen molar-refractivity contribution in [3.05, 3.63) is 11.1 Å². The molecule has 2 aliphatic heterocycles. The fraction of sp³-hybridized carbons (Fsp3) is 0.833. The second kappa shape index (κ2) is 6.91. The number of ether oxygens (including phenoxy) is 2. The first-order valence-corrected chi connectivity index (χ1v) is 14.0. The molecular formula is C30H42O6. The third-order valence-electron chi connectivity index (χ3n) is 12.5. The average Bonchev–Trinajstić information content (AvgIpc) is 3.27. The van der Waals surface area contributed by atoms with Crippen LogP contribution in [0, 0.1) is 39.4 Å². The Morgan fingerprint density at radius 1 is 0.944 bits per heavy atom. The summed E-state index contributed by atoms with van der Waals surface area (Å²) in [6.45, 7) is 14.6. The Morgan fingerprint density at radius 3 is 2.28 bits per heavy atom. The molecule has 6 rings (SSSR count). The number of Topliss-reactive ketones (excluding diaryl/α,β-unsaturated/α-hetero) is 2. The molecule has 0 radical (unpaired) electrons. The van der Waals surface area contributed by atoms with E-state index in [9.17, 15) is 19.5 Å². The van der Waals surface area contributed by atoms with Crippen LogP contribution in [0.4, 0.5) is 0 Å². The number of carbonyl (C=O) groups excluding carboxylic acids is 3. The second-order valence-corrected chi connectivity index (χ2v) is 14.4. The van der Waals surface area contributed by atoms with E-state index in [1.165, 1.54) is 0 Å². The first-order chi connectivity index (χ1) is 16.6. The normalized spacial score (nSPS) is 53.6. The van der Waals surface area contributed by atoms with Crippen molar-refractivity contribution in [2.24, 2.45) is 39.4 Å². The average molecular weight is 499 g/mol. The van der Waals surface area contributed by atoms with Gasteiger partial charge in [0.05, 0.1) is 17.6 Å². The number of fused-ring (bicyclic) bond motifs is 5. The first-order valence-electron chi connectivity index (χ1n) is 14.0. The Balaban J connectivity index is 1.48. The van der Waals surface area contributed by atoms with Gasteiger partial charge in [-0.2, -0.15) is 0 Å². The van der Waals surface area contributed by atoms with Gasteiger partial charge in [0, 0.05) is 59.3 Å². The van der Waals surface area contributed by atoms with Crippen LogP contribution in [0.2, 0.25) is 0 Å². The molecule has 0 bridgehead atoms. The maximum absolute atomic E-state index is 14.3. The molecule has 36 heavy (non-hydrogen) atoms. The molecule has 0 aromatic carbocycles. The lowest BCUT2D eigenvalue weighted by atomic mass is 9.42. The SMILES string of the molecule is CC1CC2(CC(C)C3(CC(O)C4(C)C5=C(C(=O)CC34C)C3(C)CCC(=O)C(C)(C)C3CC5)O2)OC1=O. The summed E-state index contributed by atoms with van der Waals surface area (Å²) >= 11 is 0. The molecule has 9 atom stereocenters. The fourth-order valence-corrected chi connectivity index (χ4v) is 10.5. The number of carbonyl (C=O) groups is 3. The molecule has 1 N–H and O–H groups in total. The zero-order valence-corrected chi connectivity index (χ0v) is 23.0. The summed E-state index contributed by atoms with van der Waals surface area (Å²) < 4.78 is 12.8. The molecule has 0 amide bonds. The van der Waals surface area contributed by atoms with Crippen molar-refractivity contribution in [2.45, 2.75) is 117 Å². The van der Waals surface area contributed by atoms with Crippen LogP contribution in [-0.2, 0) is 23.9 Å². The summed E-state index contributed by atoms with van der Waals surface area (Å²) in [5.41, 5.74) is -0.814. The van der Waals surface area contributed by atoms with E-state index in [1.54, 1.807) is 0 Å². The van der Waals surface area contributed by atoms with Crippen molar-refractivity contribution in [1.29, 1.82) is 0 Å². The maximum atomic E-state index is 14.3. The minimum Gasteiger partial charge on any atom is -0.433 e. The molecule has 9 unspecified atom stereocenters. The van der Waals surface area contributed by atoms with Crippen LogP contribution in [0.3, 0.4) is 0 Å². The van der Waals surface area contributed by atoms with Gasteiger partial charge in [0.25, 0.3) is 0 Å². The van der Waals surface area contributed by atoms with Crippen LogP contribution in [0.25, 0.3) is 0 Å². The Kier molecular flexibility index (Phi) is 4.76. The van der Waals surface area contributed by atoms with E-state index >= 15 is 0 Å². The zero-order valence-electron chi connectivity index (χ0n) is 23.0. The van der Waals surface area contributed by atoms with Crippen molar-refractivity contribution in [3.8, 4) is 0 Å². The number of esters is 1. The number of aliphatic hydroxyl groups excluding tert-OH is 1. The standard InChI is InChI=1S/C30H42O6/c1-16-12-29(35-24(16)34)13-17(2)30(36-29)15-22(33)28(7)18-8-9-20-25(3,4)21(32)10-11-26(20,5)23(18)19(31)14-27(28,30)6/h16-17,20,22,33H,8-15H2,1-7H3. The molecule has 2 spiro atoms. The van der Waals surface area contributed by atoms with Crippen molar-refractivity contribution in [3.63, 3.8) is 0 Å². The highest BCUT2D eigenvalue weighted by molar-refractivity contribution is 6.01. The lowest BCUT2D eigenvalue weighted by molar-refractivity contribution is -0.254. The second-order valence-electron chi connectivity index (χ2n) is 14.4. The molecule has 4 aliphatic carbocycles. The predicted molar refractivity (Wildman–Crippen MR) is 133 cm³/mol. The molecule has 2 saturated heterocycles. The summed E-state index contributed by atoms with van der Waals surface area (Å²) in [7, 11) is 0. The van der Waals surface area contributed by atoms with Crippen LogP contribution in [0.5, 0.6) is 0 Å². The topological polar surface area (TPSA) is 89.9 Å². The maximum Gasteiger partial charge on any atom is 0.311 e. The highest BCUT2D eigenvalue weighted by atomic mass is 16.7. The zero-order chi connectivity index (χ0) is 26.3. The fourth-order valence-electron chi connectivity index (χ4n) is 10.5. The van der Waals surface area contributed by atoms with Crippen LogP contribution in [0.15, 0.2) is 11.1 Å². The van der Waals surface area contributed by atoms with Crippen molar-refractivity contribution >= 4 is 17.5 Å². The Hall–Kier alpha value is -1.53. The van der Waals surface area contributed by atoms with E-state index in [2.05, 4.69) is 41.5 Å². The molecule has 6 aliphatic rings. The first kappa shape index (κ1) is 24.8. The highest BCUT2D eigenvalue weighted by Gasteiger charge is 2.78. The number of rotatable bonds is 0. The van der Waals surface area contributed by atoms with Gasteiger partial charge in [-0.3, -0.25) is 14.4 Å². The molecule has 0 aromatic rings. The van der Waals surface area contributed by atoms with E-state index in [1.807, 2.05) is 6.92 Å². The van der Waals surface area contributed by atoms with Gasteiger partial charge in [0.1, 0.15) is 5.78 Å². The largest absolute Gasteiger partial charge is 0.433 e. The van der Waals surface area contributed by atoms with Crippen LogP contribution in [0.1, 0.15) is 99.8 Å². The van der Waals surface area contributed by atoms with E-state index in [0.717, 1.165) is 24.0 Å². The monoisotopic (exact) mass is 498 g/mol. The minimum atomic E-state index is -0.959. The lowest BCUT2D eigenvalue weighted by Gasteiger charge is -2.61. The summed E-state index contributed by atoms with van der Waals surface area (Å²) in [6, 6.07) is 0. The van der Waals surface area contributed by atoms with Gasteiger partial charge in [0.2, 0.25) is 5.79 Å². The Bertz CT molecular complexity index is 1120. The molecule has 2 saturated carbocycles. The Morgan fingerprint density at radius 2 is 1.64 bits per heavy atom. The highest BCUT2D eigenvalue weighted by Crippen LogP contribution is 2.75. The lowest BCUT2D eigenvalue weighted by Crippen LogP contribution is -2.60. The quantitative estimate of drug-likeness (QED) is 0.477. The summed E-state index contributed by atoms with van der Waals surface area (Å²) in [5, 5.41) is 11.9. The van der Waals surface area contributed by atoms with Crippen molar-refractivity contribution < 1.29 is 29.0 Å². The smallest absolute Gasteiger partial charge is 0.311 e. The summed E-state index contributed by atoms with van der Waals surface area (Å²) in [5.74, 6) is -0.789. The number of allylic oxidation sites excluding steroid dienone is 1. The number of aliphatic hydroxyl groups is 1. The van der Waals surface area contributed by atoms with E-state index in [-0.39, 0.29) is 34.9 Å². The molecule has 198 valence electrons. The van der Waals surface area contributed by atoms with Crippen molar-refractivity contribution in [1.82, 2.24) is 0 Å². The molecule has 6 heteroatoms. The molecule has 6 nitrogen and oxygen atoms in total. The van der Waals surface area contributed by atoms with Gasteiger partial charge < -0.3 is 14.6 Å². The molecule has 0 aromatic heterocycles. The number of ketones is 2. The van der Waals surface area contributed by atoms with Gasteiger partial charge in [-0.15, -0.1) is 0 Å². The van der Waals surface area contributed by atoms with Gasteiger partial charge in [-0.1, -0.05) is 54.0 Å². The van der Waals surface area contributed by atoms with Gasteiger partial charge in [-0.05, 0) is 31.1 Å². The Labute approximate surface area is 214 Å². The van der Waals surface area contributed by atoms with Gasteiger partial charge in [0.15, 0.2) is 5.78 Å². The molecule has 4 fully saturated rings. The molecular weight excluding hydrogens is 456 g/mol. The third-order valence-corrected chi connectivity index (χ3v) is 12.5. The number of hydrogen-bond acceptors (Lipinski definition) is 6. The van der Waals surface area contributed by atoms with Crippen LogP contribution >= 0.6 is 0 Å². The van der Waals surface area contributed by atoms with Gasteiger partial charge in [-0.25, -0.2) is 0 Å². The number of hydrogen-bond donors (Lipinski definition) is 1. The van der Waals surface area contributed by atoms with Crippen LogP contribution < -0.4 is 0 Å². The van der Waals surface area contributed by atoms with Crippen LogP contribution in [-0.4, -0.2) is 40.1 Å². The van der Waals surface area contributed by atoms with E-state index in [4.69, 9.17) is 9.47 Å². The summed E-state index contributed by atoms with van der Waals surface area (Å²) in [4.78, 5) is 39.5. The summed E-state index contributed by atoms with van der Waals surface area (Å²) in [6.07, 6.45) is 3.96. The van der Waals surface area contributed by atoms with Crippen molar-refractivity contribution in [2.75, 3.05) is 0 Å². The van der Waals surface area contributed by atoms with Gasteiger partial charge >= 0.3 is 5.97 Å². The van der Waals surface area contributed by atoms with E-state index < -0.39 is 33.7 Å². The molecule has 2 heterocycles. The van der Waals surface area contributed by atoms with E-state index in [0.29, 0.717) is 44.3 Å². The minimum absolute atomic E-state index is 0.0326.